The van der Waals surface area contributed by atoms with Crippen LogP contribution < -0.4 is 5.32 Å². The van der Waals surface area contributed by atoms with Crippen LogP contribution in [0.1, 0.15) is 54.6 Å². The first-order valence-electron chi connectivity index (χ1n) is 9.35. The Labute approximate surface area is 155 Å². The topological polar surface area (TPSA) is 49.4 Å². The molecule has 0 bridgehead atoms. The van der Waals surface area contributed by atoms with Crippen LogP contribution in [0.3, 0.4) is 0 Å². The average Bonchev–Trinajstić information content (AvgIpc) is 2.69. The summed E-state index contributed by atoms with van der Waals surface area (Å²) >= 11 is 0. The molecule has 1 aliphatic rings. The van der Waals surface area contributed by atoms with E-state index in [2.05, 4.69) is 5.32 Å². The van der Waals surface area contributed by atoms with Crippen LogP contribution in [0.2, 0.25) is 0 Å². The van der Waals surface area contributed by atoms with Crippen molar-refractivity contribution in [1.29, 1.82) is 0 Å². The number of rotatable bonds is 5. The van der Waals surface area contributed by atoms with Gasteiger partial charge in [-0.05, 0) is 31.7 Å². The van der Waals surface area contributed by atoms with Crippen LogP contribution in [-0.4, -0.2) is 29.3 Å². The molecule has 1 heterocycles. The molecule has 0 aromatic heterocycles. The minimum atomic E-state index is -0.0769. The Morgan fingerprint density at radius 2 is 1.69 bits per heavy atom. The molecule has 1 aliphatic heterocycles. The standard InChI is InChI=1S/C22H26N2O2/c1-17(18-10-4-2-5-11-18)23-22(26)24-15-9-8-14-20(24)16-21(25)19-12-6-3-7-13-19/h2-7,10-13,17,20H,8-9,14-16H2,1H3,(H,23,26)/t17-,20-/m0/s1. The highest BCUT2D eigenvalue weighted by atomic mass is 16.2. The van der Waals surface area contributed by atoms with Crippen molar-refractivity contribution in [1.82, 2.24) is 10.2 Å². The quantitative estimate of drug-likeness (QED) is 0.802. The fourth-order valence-electron chi connectivity index (χ4n) is 3.53. The van der Waals surface area contributed by atoms with Gasteiger partial charge in [0.1, 0.15) is 0 Å². The number of urea groups is 1. The summed E-state index contributed by atoms with van der Waals surface area (Å²) in [4.78, 5) is 27.2. The third-order valence-electron chi connectivity index (χ3n) is 5.04. The summed E-state index contributed by atoms with van der Waals surface area (Å²) in [7, 11) is 0. The first kappa shape index (κ1) is 18.2. The van der Waals surface area contributed by atoms with Gasteiger partial charge < -0.3 is 10.2 Å². The molecule has 1 saturated heterocycles. The number of carbonyl (C=O) groups is 2. The second-order valence-corrected chi connectivity index (χ2v) is 6.92. The molecule has 0 aliphatic carbocycles. The molecule has 4 nitrogen and oxygen atoms in total. The Bertz CT molecular complexity index is 730. The number of piperidine rings is 1. The number of hydrogen-bond donors (Lipinski definition) is 1. The molecule has 0 radical (unpaired) electrons. The second kappa shape index (κ2) is 8.65. The van der Waals surface area contributed by atoms with Gasteiger partial charge in [-0.3, -0.25) is 4.79 Å². The zero-order chi connectivity index (χ0) is 18.4. The van der Waals surface area contributed by atoms with Gasteiger partial charge in [0.15, 0.2) is 5.78 Å². The van der Waals surface area contributed by atoms with Gasteiger partial charge in [0.25, 0.3) is 0 Å². The fourth-order valence-corrected chi connectivity index (χ4v) is 3.53. The van der Waals surface area contributed by atoms with Gasteiger partial charge in [0.05, 0.1) is 6.04 Å². The van der Waals surface area contributed by atoms with Crippen LogP contribution in [-0.2, 0) is 0 Å². The SMILES string of the molecule is C[C@H](NC(=O)N1CCCC[C@H]1CC(=O)c1ccccc1)c1ccccc1. The Morgan fingerprint density at radius 3 is 2.38 bits per heavy atom. The number of nitrogens with zero attached hydrogens (tertiary/aromatic N) is 1. The summed E-state index contributed by atoms with van der Waals surface area (Å²) in [5.74, 6) is 0.103. The summed E-state index contributed by atoms with van der Waals surface area (Å²) in [6, 6.07) is 19.1. The molecule has 2 amide bonds. The van der Waals surface area contributed by atoms with Crippen LogP contribution in [0, 0.1) is 0 Å². The molecular weight excluding hydrogens is 324 g/mol. The van der Waals surface area contributed by atoms with Gasteiger partial charge >= 0.3 is 6.03 Å². The molecular formula is C22H26N2O2. The maximum Gasteiger partial charge on any atom is 0.318 e. The molecule has 136 valence electrons. The fraction of sp³-hybridized carbons (Fsp3) is 0.364. The van der Waals surface area contributed by atoms with E-state index in [0.29, 0.717) is 13.0 Å². The van der Waals surface area contributed by atoms with Gasteiger partial charge in [0.2, 0.25) is 0 Å². The molecule has 2 aromatic rings. The number of carbonyl (C=O) groups excluding carboxylic acids is 2. The van der Waals surface area contributed by atoms with Gasteiger partial charge in [-0.15, -0.1) is 0 Å². The van der Waals surface area contributed by atoms with Crippen LogP contribution >= 0.6 is 0 Å². The zero-order valence-electron chi connectivity index (χ0n) is 15.2. The molecule has 2 atom stereocenters. The van der Waals surface area contributed by atoms with E-state index in [0.717, 1.165) is 30.4 Å². The normalized spacial score (nSPS) is 18.2. The van der Waals surface area contributed by atoms with Gasteiger partial charge in [-0.2, -0.15) is 0 Å². The summed E-state index contributed by atoms with van der Waals surface area (Å²) in [5, 5.41) is 3.08. The monoisotopic (exact) mass is 350 g/mol. The Balaban J connectivity index is 1.64. The number of amides is 2. The molecule has 1 N–H and O–H groups in total. The number of nitrogens with one attached hydrogen (secondary N) is 1. The number of hydrogen-bond acceptors (Lipinski definition) is 2. The Morgan fingerprint density at radius 1 is 1.04 bits per heavy atom. The third kappa shape index (κ3) is 4.51. The van der Waals surface area contributed by atoms with Crippen molar-refractivity contribution < 1.29 is 9.59 Å². The van der Waals surface area contributed by atoms with E-state index in [1.54, 1.807) is 0 Å². The predicted octanol–water partition coefficient (Wildman–Crippen LogP) is 4.58. The number of likely N-dealkylation sites (tertiary alicyclic amines) is 1. The molecule has 4 heteroatoms. The lowest BCUT2D eigenvalue weighted by Crippen LogP contribution is -2.49. The minimum Gasteiger partial charge on any atom is -0.331 e. The van der Waals surface area contributed by atoms with E-state index in [1.165, 1.54) is 0 Å². The average molecular weight is 350 g/mol. The first-order valence-corrected chi connectivity index (χ1v) is 9.35. The predicted molar refractivity (Wildman–Crippen MR) is 103 cm³/mol. The number of ketones is 1. The maximum atomic E-state index is 12.8. The van der Waals surface area contributed by atoms with Crippen molar-refractivity contribution in [3.05, 3.63) is 71.8 Å². The highest BCUT2D eigenvalue weighted by Crippen LogP contribution is 2.22. The maximum absolute atomic E-state index is 12.8. The third-order valence-corrected chi connectivity index (χ3v) is 5.04. The largest absolute Gasteiger partial charge is 0.331 e. The van der Waals surface area contributed by atoms with Crippen LogP contribution in [0.4, 0.5) is 4.79 Å². The van der Waals surface area contributed by atoms with Crippen molar-refractivity contribution in [2.45, 2.75) is 44.7 Å². The van der Waals surface area contributed by atoms with Crippen molar-refractivity contribution in [2.75, 3.05) is 6.54 Å². The number of benzene rings is 2. The molecule has 1 fully saturated rings. The van der Waals surface area contributed by atoms with Crippen LogP contribution in [0.25, 0.3) is 0 Å². The van der Waals surface area contributed by atoms with Crippen molar-refractivity contribution in [3.8, 4) is 0 Å². The second-order valence-electron chi connectivity index (χ2n) is 6.92. The van der Waals surface area contributed by atoms with E-state index in [-0.39, 0.29) is 23.9 Å². The first-order chi connectivity index (χ1) is 12.6. The lowest BCUT2D eigenvalue weighted by atomic mass is 9.95. The minimum absolute atomic E-state index is 0.0283. The van der Waals surface area contributed by atoms with Gasteiger partial charge in [-0.25, -0.2) is 4.79 Å². The van der Waals surface area contributed by atoms with E-state index in [9.17, 15) is 9.59 Å². The van der Waals surface area contributed by atoms with E-state index < -0.39 is 0 Å². The van der Waals surface area contributed by atoms with Crippen molar-refractivity contribution >= 4 is 11.8 Å². The summed E-state index contributed by atoms with van der Waals surface area (Å²) in [6.45, 7) is 2.70. The molecule has 3 rings (SSSR count). The molecule has 0 unspecified atom stereocenters. The molecule has 26 heavy (non-hydrogen) atoms. The highest BCUT2D eigenvalue weighted by molar-refractivity contribution is 5.96. The van der Waals surface area contributed by atoms with Crippen LogP contribution in [0.5, 0.6) is 0 Å². The summed E-state index contributed by atoms with van der Waals surface area (Å²) in [6.07, 6.45) is 3.32. The van der Waals surface area contributed by atoms with E-state index in [4.69, 9.17) is 0 Å². The smallest absolute Gasteiger partial charge is 0.318 e. The van der Waals surface area contributed by atoms with Crippen LogP contribution in [0.15, 0.2) is 60.7 Å². The Hall–Kier alpha value is -2.62. The van der Waals surface area contributed by atoms with E-state index >= 15 is 0 Å². The molecule has 0 saturated carbocycles. The molecule has 0 spiro atoms. The Kier molecular flexibility index (Phi) is 6.05. The van der Waals surface area contributed by atoms with Gasteiger partial charge in [-0.1, -0.05) is 60.7 Å². The zero-order valence-corrected chi connectivity index (χ0v) is 15.2. The summed E-state index contributed by atoms with van der Waals surface area (Å²) in [5.41, 5.74) is 1.80. The van der Waals surface area contributed by atoms with Crippen molar-refractivity contribution in [2.24, 2.45) is 0 Å². The molecule has 2 aromatic carbocycles. The van der Waals surface area contributed by atoms with Crippen molar-refractivity contribution in [3.63, 3.8) is 0 Å². The summed E-state index contributed by atoms with van der Waals surface area (Å²) < 4.78 is 0. The lowest BCUT2D eigenvalue weighted by Gasteiger charge is -2.36. The van der Waals surface area contributed by atoms with Gasteiger partial charge in [0, 0.05) is 24.6 Å². The van der Waals surface area contributed by atoms with E-state index in [1.807, 2.05) is 72.5 Å². The number of Topliss-reactive ketones (excluding diaryl/α,β-unsaturated/α-hetero) is 1. The highest BCUT2D eigenvalue weighted by Gasteiger charge is 2.29. The lowest BCUT2D eigenvalue weighted by molar-refractivity contribution is 0.0906.